The van der Waals surface area contributed by atoms with E-state index >= 15 is 0 Å². The Hall–Kier alpha value is -0.930. The molecule has 0 fully saturated rings. The maximum atomic E-state index is 5.53. The number of rotatable bonds is 3. The van der Waals surface area contributed by atoms with Gasteiger partial charge in [-0.05, 0) is 12.8 Å². The summed E-state index contributed by atoms with van der Waals surface area (Å²) in [5.74, 6) is 6.04. The van der Waals surface area contributed by atoms with Crippen LogP contribution in [0.15, 0.2) is 5.10 Å². The van der Waals surface area contributed by atoms with Crippen molar-refractivity contribution in [3.63, 3.8) is 0 Å². The van der Waals surface area contributed by atoms with E-state index in [1.807, 2.05) is 11.8 Å². The highest BCUT2D eigenvalue weighted by Crippen LogP contribution is 1.96. The van der Waals surface area contributed by atoms with Gasteiger partial charge in [0.05, 0.1) is 0 Å². The second-order valence-corrected chi connectivity index (χ2v) is 2.92. The second-order valence-electron chi connectivity index (χ2n) is 2.92. The minimum atomic E-state index is 0.418. The standard InChI is InChI=1S/C7H18N4/c1-4-11(5-6(2)3)7(8)10-9/h6H,4-5,9H2,1-3H3,(H2,8,10). The van der Waals surface area contributed by atoms with Crippen LogP contribution in [0.2, 0.25) is 0 Å². The van der Waals surface area contributed by atoms with Gasteiger partial charge in [0, 0.05) is 13.1 Å². The van der Waals surface area contributed by atoms with Gasteiger partial charge in [0.2, 0.25) is 5.96 Å². The van der Waals surface area contributed by atoms with Gasteiger partial charge in [-0.25, -0.2) is 0 Å². The molecular formula is C7H18N4. The highest BCUT2D eigenvalue weighted by atomic mass is 15.3. The Labute approximate surface area is 68.2 Å². The van der Waals surface area contributed by atoms with E-state index in [9.17, 15) is 0 Å². The molecule has 0 rings (SSSR count). The molecule has 0 bridgehead atoms. The maximum Gasteiger partial charge on any atom is 0.213 e. The number of nitrogens with zero attached hydrogens (tertiary/aromatic N) is 2. The molecule has 0 unspecified atom stereocenters. The average molecular weight is 158 g/mol. The number of hydrogen-bond donors (Lipinski definition) is 2. The Balaban J connectivity index is 3.95. The summed E-state index contributed by atoms with van der Waals surface area (Å²) in [4.78, 5) is 1.95. The van der Waals surface area contributed by atoms with E-state index in [2.05, 4.69) is 18.9 Å². The van der Waals surface area contributed by atoms with Crippen molar-refractivity contribution in [2.75, 3.05) is 13.1 Å². The molecule has 4 N–H and O–H groups in total. The maximum absolute atomic E-state index is 5.53. The topological polar surface area (TPSA) is 67.6 Å². The third kappa shape index (κ3) is 3.70. The molecule has 0 atom stereocenters. The minimum absolute atomic E-state index is 0.418. The highest BCUT2D eigenvalue weighted by molar-refractivity contribution is 5.77. The van der Waals surface area contributed by atoms with Crippen LogP contribution in [0.4, 0.5) is 0 Å². The quantitative estimate of drug-likeness (QED) is 0.266. The van der Waals surface area contributed by atoms with Crippen LogP contribution in [0.5, 0.6) is 0 Å². The van der Waals surface area contributed by atoms with Crippen LogP contribution >= 0.6 is 0 Å². The molecule has 0 amide bonds. The van der Waals surface area contributed by atoms with E-state index in [1.165, 1.54) is 0 Å². The molecule has 11 heavy (non-hydrogen) atoms. The number of hydrogen-bond acceptors (Lipinski definition) is 2. The van der Waals surface area contributed by atoms with Crippen LogP contribution in [-0.4, -0.2) is 23.9 Å². The minimum Gasteiger partial charge on any atom is -0.368 e. The Kier molecular flexibility index (Phi) is 4.41. The molecule has 0 heterocycles. The zero-order chi connectivity index (χ0) is 8.85. The largest absolute Gasteiger partial charge is 0.368 e. The van der Waals surface area contributed by atoms with Crippen molar-refractivity contribution >= 4 is 5.96 Å². The molecule has 0 aliphatic heterocycles. The van der Waals surface area contributed by atoms with Gasteiger partial charge in [-0.2, -0.15) is 0 Å². The van der Waals surface area contributed by atoms with Gasteiger partial charge in [-0.15, -0.1) is 5.10 Å². The van der Waals surface area contributed by atoms with E-state index in [1.54, 1.807) is 0 Å². The zero-order valence-corrected chi connectivity index (χ0v) is 7.54. The van der Waals surface area contributed by atoms with Crippen LogP contribution in [0.3, 0.4) is 0 Å². The van der Waals surface area contributed by atoms with Gasteiger partial charge >= 0.3 is 0 Å². The molecule has 4 nitrogen and oxygen atoms in total. The van der Waals surface area contributed by atoms with Crippen molar-refractivity contribution in [2.45, 2.75) is 20.8 Å². The van der Waals surface area contributed by atoms with Crippen molar-refractivity contribution in [1.82, 2.24) is 4.90 Å². The average Bonchev–Trinajstić information content (AvgIpc) is 1.98. The molecule has 0 aromatic rings. The third-order valence-corrected chi connectivity index (χ3v) is 1.42. The lowest BCUT2D eigenvalue weighted by Crippen LogP contribution is -2.40. The fourth-order valence-corrected chi connectivity index (χ4v) is 0.907. The second kappa shape index (κ2) is 4.82. The normalized spacial score (nSPS) is 12.2. The fourth-order valence-electron chi connectivity index (χ4n) is 0.907. The van der Waals surface area contributed by atoms with Crippen molar-refractivity contribution < 1.29 is 0 Å². The molecule has 0 saturated carbocycles. The van der Waals surface area contributed by atoms with Gasteiger partial charge in [0.25, 0.3) is 0 Å². The monoisotopic (exact) mass is 158 g/mol. The summed E-state index contributed by atoms with van der Waals surface area (Å²) in [5.41, 5.74) is 5.53. The summed E-state index contributed by atoms with van der Waals surface area (Å²) in [6.45, 7) is 8.05. The lowest BCUT2D eigenvalue weighted by Gasteiger charge is -2.22. The first kappa shape index (κ1) is 10.1. The first-order valence-electron chi connectivity index (χ1n) is 3.90. The van der Waals surface area contributed by atoms with Gasteiger partial charge in [0.1, 0.15) is 0 Å². The van der Waals surface area contributed by atoms with Crippen molar-refractivity contribution in [3.8, 4) is 0 Å². The van der Waals surface area contributed by atoms with Gasteiger partial charge in [-0.1, -0.05) is 13.8 Å². The Morgan fingerprint density at radius 2 is 2.09 bits per heavy atom. The van der Waals surface area contributed by atoms with E-state index in [0.717, 1.165) is 13.1 Å². The van der Waals surface area contributed by atoms with E-state index in [-0.39, 0.29) is 0 Å². The van der Waals surface area contributed by atoms with Crippen LogP contribution in [0, 0.1) is 5.92 Å². The smallest absolute Gasteiger partial charge is 0.213 e. The summed E-state index contributed by atoms with van der Waals surface area (Å²) in [6.07, 6.45) is 0. The first-order valence-corrected chi connectivity index (χ1v) is 3.90. The Bertz CT molecular complexity index is 130. The van der Waals surface area contributed by atoms with Crippen molar-refractivity contribution in [3.05, 3.63) is 0 Å². The van der Waals surface area contributed by atoms with E-state index in [0.29, 0.717) is 11.9 Å². The number of hydrazone groups is 1. The zero-order valence-electron chi connectivity index (χ0n) is 7.54. The predicted molar refractivity (Wildman–Crippen MR) is 47.9 cm³/mol. The van der Waals surface area contributed by atoms with Crippen LogP contribution in [-0.2, 0) is 0 Å². The van der Waals surface area contributed by atoms with Crippen LogP contribution < -0.4 is 11.6 Å². The summed E-state index contributed by atoms with van der Waals surface area (Å²) in [6, 6.07) is 0. The van der Waals surface area contributed by atoms with Crippen molar-refractivity contribution in [1.29, 1.82) is 0 Å². The van der Waals surface area contributed by atoms with Crippen LogP contribution in [0.1, 0.15) is 20.8 Å². The molecule has 4 heteroatoms. The summed E-state index contributed by atoms with van der Waals surface area (Å²) in [7, 11) is 0. The molecule has 0 aliphatic rings. The summed E-state index contributed by atoms with van der Waals surface area (Å²) >= 11 is 0. The number of guanidine groups is 1. The predicted octanol–water partition coefficient (Wildman–Crippen LogP) is 0.153. The molecular weight excluding hydrogens is 140 g/mol. The number of nitrogens with two attached hydrogens (primary N) is 2. The lowest BCUT2D eigenvalue weighted by atomic mass is 10.2. The molecule has 0 radical (unpaired) electrons. The fraction of sp³-hybridized carbons (Fsp3) is 0.857. The van der Waals surface area contributed by atoms with Crippen LogP contribution in [0.25, 0.3) is 0 Å². The summed E-state index contributed by atoms with van der Waals surface area (Å²) < 4.78 is 0. The molecule has 0 saturated heterocycles. The van der Waals surface area contributed by atoms with Gasteiger partial charge in [-0.3, -0.25) is 0 Å². The Morgan fingerprint density at radius 1 is 1.55 bits per heavy atom. The SMILES string of the molecule is CCN(CC(C)C)C(N)=NN. The first-order chi connectivity index (χ1) is 5.11. The molecule has 0 aromatic carbocycles. The molecule has 0 aliphatic carbocycles. The molecule has 66 valence electrons. The third-order valence-electron chi connectivity index (χ3n) is 1.42. The van der Waals surface area contributed by atoms with Gasteiger partial charge in [0.15, 0.2) is 0 Å². The Morgan fingerprint density at radius 3 is 2.36 bits per heavy atom. The highest BCUT2D eigenvalue weighted by Gasteiger charge is 2.06. The van der Waals surface area contributed by atoms with E-state index < -0.39 is 0 Å². The van der Waals surface area contributed by atoms with E-state index in [4.69, 9.17) is 11.6 Å². The molecule has 0 spiro atoms. The summed E-state index contributed by atoms with van der Waals surface area (Å²) in [5, 5.41) is 3.43. The lowest BCUT2D eigenvalue weighted by molar-refractivity contribution is 0.376. The van der Waals surface area contributed by atoms with Gasteiger partial charge < -0.3 is 16.5 Å². The molecule has 0 aromatic heterocycles. The van der Waals surface area contributed by atoms with Crippen molar-refractivity contribution in [2.24, 2.45) is 22.6 Å².